The second-order valence-corrected chi connectivity index (χ2v) is 13.0. The van der Waals surface area contributed by atoms with Gasteiger partial charge in [-0.3, -0.25) is 0 Å². The number of hydrogen-bond acceptors (Lipinski definition) is 3. The maximum Gasteiger partial charge on any atom is 0.159 e. The lowest BCUT2D eigenvalue weighted by atomic mass is 9.77. The molecule has 3 fully saturated rings. The Labute approximate surface area is 247 Å². The molecular weight excluding hydrogens is 536 g/mol. The molecule has 0 aliphatic carbocycles. The van der Waals surface area contributed by atoms with E-state index >= 15 is 0 Å². The third kappa shape index (κ3) is 5.42. The lowest BCUT2D eigenvalue weighted by Crippen LogP contribution is -2.76. The third-order valence-electron chi connectivity index (χ3n) is 9.40. The normalized spacial score (nSPS) is 22.5. The molecule has 0 bridgehead atoms. The summed E-state index contributed by atoms with van der Waals surface area (Å²) in [5, 5.41) is 0. The Morgan fingerprint density at radius 3 is 2.41 bits per heavy atom. The molecule has 3 atom stereocenters. The predicted octanol–water partition coefficient (Wildman–Crippen LogP) is 8.09. The van der Waals surface area contributed by atoms with Gasteiger partial charge in [0.1, 0.15) is 0 Å². The molecule has 0 radical (unpaired) electrons. The number of benzene rings is 3. The number of hydrogen-bond donors (Lipinski definition) is 0. The fourth-order valence-corrected chi connectivity index (χ4v) is 7.03. The van der Waals surface area contributed by atoms with Gasteiger partial charge in [0.25, 0.3) is 0 Å². The molecule has 6 rings (SSSR count). The van der Waals surface area contributed by atoms with Gasteiger partial charge in [-0.15, -0.1) is 0 Å². The van der Waals surface area contributed by atoms with Gasteiger partial charge in [-0.25, -0.2) is 13.2 Å². The van der Waals surface area contributed by atoms with E-state index in [1.807, 2.05) is 28.7 Å². The summed E-state index contributed by atoms with van der Waals surface area (Å²) in [5.74, 6) is -1.25. The Morgan fingerprint density at radius 1 is 0.902 bits per heavy atom. The van der Waals surface area contributed by atoms with Gasteiger partial charge in [-0.2, -0.15) is 0 Å². The summed E-state index contributed by atoms with van der Waals surface area (Å²) >= 11 is 6.20. The van der Waals surface area contributed by atoms with Crippen molar-refractivity contribution in [3.8, 4) is 11.1 Å². The molecule has 214 valence electrons. The molecule has 0 amide bonds. The minimum atomic E-state index is -0.837. The highest BCUT2D eigenvalue weighted by Crippen LogP contribution is 2.43. The molecule has 3 aromatic carbocycles. The molecule has 3 saturated heterocycles. The Kier molecular flexibility index (Phi) is 7.46. The van der Waals surface area contributed by atoms with Crippen molar-refractivity contribution in [2.45, 2.75) is 51.1 Å². The fourth-order valence-electron chi connectivity index (χ4n) is 6.70. The summed E-state index contributed by atoms with van der Waals surface area (Å²) in [5.41, 5.74) is 7.35. The van der Waals surface area contributed by atoms with Crippen molar-refractivity contribution in [2.75, 3.05) is 26.2 Å². The van der Waals surface area contributed by atoms with E-state index in [-0.39, 0.29) is 5.41 Å². The Hall–Kier alpha value is -3.15. The van der Waals surface area contributed by atoms with E-state index in [0.717, 1.165) is 62.3 Å². The molecule has 0 aromatic heterocycles. The van der Waals surface area contributed by atoms with E-state index in [2.05, 4.69) is 61.1 Å². The smallest absolute Gasteiger partial charge is 0.159 e. The summed E-state index contributed by atoms with van der Waals surface area (Å²) in [6.45, 7) is 17.3. The topological polar surface area (TPSA) is 9.72 Å². The largest absolute Gasteiger partial charge is 0.371 e. The first kappa shape index (κ1) is 28.0. The first-order chi connectivity index (χ1) is 19.6. The van der Waals surface area contributed by atoms with E-state index in [1.165, 1.54) is 29.0 Å². The summed E-state index contributed by atoms with van der Waals surface area (Å²) in [4.78, 5) is 4.82. The lowest BCUT2D eigenvalue weighted by molar-refractivity contribution is -0.0663. The zero-order valence-corrected chi connectivity index (χ0v) is 24.7. The van der Waals surface area contributed by atoms with Gasteiger partial charge in [0, 0.05) is 48.9 Å². The van der Waals surface area contributed by atoms with Crippen molar-refractivity contribution in [1.29, 1.82) is 0 Å². The monoisotopic (exact) mass is 573 g/mol. The van der Waals surface area contributed by atoms with Crippen molar-refractivity contribution < 1.29 is 8.78 Å². The number of halogens is 3. The number of likely N-dealkylation sites (tertiary alicyclic amines) is 2. The van der Waals surface area contributed by atoms with Crippen LogP contribution in [0.1, 0.15) is 49.3 Å². The minimum absolute atomic E-state index is 0.0400. The summed E-state index contributed by atoms with van der Waals surface area (Å²) < 4.78 is 29.2. The molecule has 6 heteroatoms. The number of fused-ring (bicyclic) bond motifs is 1. The molecule has 0 spiro atoms. The number of allylic oxidation sites excluding steroid dienone is 1. The van der Waals surface area contributed by atoms with Crippen LogP contribution in [-0.2, 0) is 6.42 Å². The molecule has 3 aliphatic rings. The van der Waals surface area contributed by atoms with Crippen LogP contribution in [0.5, 0.6) is 0 Å². The van der Waals surface area contributed by atoms with Crippen LogP contribution < -0.4 is 0 Å². The van der Waals surface area contributed by atoms with E-state index in [1.54, 1.807) is 6.07 Å². The van der Waals surface area contributed by atoms with Crippen molar-refractivity contribution in [3.05, 3.63) is 114 Å². The Morgan fingerprint density at radius 2 is 1.68 bits per heavy atom. The van der Waals surface area contributed by atoms with Crippen LogP contribution in [-0.4, -0.2) is 52.5 Å². The Balaban J connectivity index is 1.13. The number of nitrogens with zero attached hydrogens (tertiary/aromatic N) is 3. The van der Waals surface area contributed by atoms with Gasteiger partial charge in [0.05, 0.1) is 12.1 Å². The van der Waals surface area contributed by atoms with Crippen LogP contribution in [0, 0.1) is 17.0 Å². The summed E-state index contributed by atoms with van der Waals surface area (Å²) in [7, 11) is 0. The first-order valence-electron chi connectivity index (χ1n) is 14.6. The molecule has 0 saturated carbocycles. The van der Waals surface area contributed by atoms with Crippen LogP contribution in [0.15, 0.2) is 85.6 Å². The Bertz CT molecular complexity index is 1480. The SMILES string of the molecule is C=C(c1cccc(-c2ccc(F)c(F)c2)c1)N1CCCC(c2cccc(CC(C)(C)C(=C)N3CC4C3CN4Cl)c2)C1. The minimum Gasteiger partial charge on any atom is -0.371 e. The maximum atomic E-state index is 13.9. The third-order valence-corrected chi connectivity index (χ3v) is 9.79. The summed E-state index contributed by atoms with van der Waals surface area (Å²) in [6.07, 6.45) is 3.18. The predicted molar refractivity (Wildman–Crippen MR) is 164 cm³/mol. The molecular formula is C35H38ClF2N3. The van der Waals surface area contributed by atoms with Crippen LogP contribution in [0.2, 0.25) is 0 Å². The first-order valence-corrected chi connectivity index (χ1v) is 14.9. The van der Waals surface area contributed by atoms with Gasteiger partial charge in [-0.05, 0) is 77.1 Å². The van der Waals surface area contributed by atoms with Gasteiger partial charge in [-0.1, -0.05) is 75.5 Å². The zero-order valence-electron chi connectivity index (χ0n) is 23.9. The van der Waals surface area contributed by atoms with E-state index in [4.69, 9.17) is 11.8 Å². The average molecular weight is 574 g/mol. The second-order valence-electron chi connectivity index (χ2n) is 12.6. The molecule has 3 nitrogen and oxygen atoms in total. The lowest BCUT2D eigenvalue weighted by Gasteiger charge is -2.62. The fraction of sp³-hybridized carbons (Fsp3) is 0.371. The van der Waals surface area contributed by atoms with Crippen LogP contribution in [0.3, 0.4) is 0 Å². The van der Waals surface area contributed by atoms with Crippen molar-refractivity contribution in [1.82, 2.24) is 14.2 Å². The number of piperidine rings is 1. The van der Waals surface area contributed by atoms with Gasteiger partial charge in [0.15, 0.2) is 11.6 Å². The van der Waals surface area contributed by atoms with Crippen molar-refractivity contribution >= 4 is 17.5 Å². The maximum absolute atomic E-state index is 13.9. The number of piperazine rings is 1. The molecule has 3 unspecified atom stereocenters. The molecule has 41 heavy (non-hydrogen) atoms. The van der Waals surface area contributed by atoms with Gasteiger partial charge >= 0.3 is 0 Å². The van der Waals surface area contributed by atoms with Crippen molar-refractivity contribution in [2.24, 2.45) is 5.41 Å². The second kappa shape index (κ2) is 10.9. The van der Waals surface area contributed by atoms with Gasteiger partial charge in [0.2, 0.25) is 0 Å². The van der Waals surface area contributed by atoms with Crippen LogP contribution in [0.4, 0.5) is 8.78 Å². The van der Waals surface area contributed by atoms with Crippen LogP contribution >= 0.6 is 11.8 Å². The highest BCUT2D eigenvalue weighted by molar-refractivity contribution is 6.14. The summed E-state index contributed by atoms with van der Waals surface area (Å²) in [6, 6.07) is 22.0. The van der Waals surface area contributed by atoms with E-state index < -0.39 is 11.6 Å². The van der Waals surface area contributed by atoms with Crippen molar-refractivity contribution in [3.63, 3.8) is 0 Å². The quantitative estimate of drug-likeness (QED) is 0.252. The highest BCUT2D eigenvalue weighted by Gasteiger charge is 2.53. The van der Waals surface area contributed by atoms with E-state index in [0.29, 0.717) is 23.6 Å². The van der Waals surface area contributed by atoms with E-state index in [9.17, 15) is 8.78 Å². The number of rotatable bonds is 8. The molecule has 3 aromatic rings. The highest BCUT2D eigenvalue weighted by atomic mass is 35.5. The zero-order chi connectivity index (χ0) is 28.9. The molecule has 3 heterocycles. The standard InChI is InChI=1S/C35H38ClF2N3/c1-23(26-9-6-11-28(17-26)29-13-14-31(37)32(38)18-29)39-15-7-12-30(20-39)27-10-5-8-25(16-27)19-35(3,4)24(2)40-21-34-33(40)22-41(34)36/h5-6,8-11,13-14,16-18,30,33-34H,1-2,7,12,15,19-22H2,3-4H3. The van der Waals surface area contributed by atoms with Gasteiger partial charge < -0.3 is 9.80 Å². The molecule has 3 aliphatic heterocycles. The van der Waals surface area contributed by atoms with Crippen LogP contribution in [0.25, 0.3) is 16.8 Å². The molecule has 0 N–H and O–H groups in total. The average Bonchev–Trinajstić information content (AvgIpc) is 2.96.